The van der Waals surface area contributed by atoms with Crippen molar-refractivity contribution in [3.8, 4) is 6.07 Å². The smallest absolute Gasteiger partial charge is 0.323 e. The molecule has 4 heteroatoms. The third-order valence-electron chi connectivity index (χ3n) is 2.02. The average Bonchev–Trinajstić information content (AvgIpc) is 2.27. The lowest BCUT2D eigenvalue weighted by atomic mass is 10.0. The van der Waals surface area contributed by atoms with Crippen molar-refractivity contribution in [3.63, 3.8) is 0 Å². The van der Waals surface area contributed by atoms with Crippen LogP contribution in [0.15, 0.2) is 24.3 Å². The Morgan fingerprint density at radius 2 is 2.27 bits per heavy atom. The SMILES string of the molecule is COC(=O)[C@@H](C#N)Cc1ccccc1Cl. The number of hydrogen-bond donors (Lipinski definition) is 0. The molecule has 3 nitrogen and oxygen atoms in total. The number of benzene rings is 1. The fourth-order valence-corrected chi connectivity index (χ4v) is 1.42. The van der Waals surface area contributed by atoms with E-state index in [1.54, 1.807) is 18.2 Å². The molecule has 1 rings (SSSR count). The zero-order valence-corrected chi connectivity index (χ0v) is 8.99. The molecule has 0 saturated heterocycles. The summed E-state index contributed by atoms with van der Waals surface area (Å²) in [6.07, 6.45) is 0.281. The van der Waals surface area contributed by atoms with Crippen LogP contribution in [0.1, 0.15) is 5.56 Å². The highest BCUT2D eigenvalue weighted by Crippen LogP contribution is 2.19. The fourth-order valence-electron chi connectivity index (χ4n) is 1.21. The molecule has 0 saturated carbocycles. The van der Waals surface area contributed by atoms with Gasteiger partial charge in [0.2, 0.25) is 0 Å². The van der Waals surface area contributed by atoms with Gasteiger partial charge in [0, 0.05) is 11.4 Å². The third kappa shape index (κ3) is 2.97. The summed E-state index contributed by atoms with van der Waals surface area (Å²) >= 11 is 5.91. The minimum absolute atomic E-state index is 0.281. The van der Waals surface area contributed by atoms with Gasteiger partial charge in [0.15, 0.2) is 0 Å². The maximum Gasteiger partial charge on any atom is 0.323 e. The molecular weight excluding hydrogens is 214 g/mol. The predicted molar refractivity (Wildman–Crippen MR) is 56.3 cm³/mol. The molecule has 0 fully saturated rings. The van der Waals surface area contributed by atoms with Crippen molar-refractivity contribution in [2.24, 2.45) is 5.92 Å². The zero-order chi connectivity index (χ0) is 11.3. The van der Waals surface area contributed by atoms with Gasteiger partial charge in [-0.05, 0) is 11.6 Å². The number of carbonyl (C=O) groups is 1. The van der Waals surface area contributed by atoms with E-state index in [0.717, 1.165) is 5.56 Å². The topological polar surface area (TPSA) is 50.1 Å². The van der Waals surface area contributed by atoms with Gasteiger partial charge in [0.05, 0.1) is 13.2 Å². The molecule has 0 heterocycles. The molecule has 0 aliphatic heterocycles. The normalized spacial score (nSPS) is 11.5. The summed E-state index contributed by atoms with van der Waals surface area (Å²) in [7, 11) is 1.26. The van der Waals surface area contributed by atoms with Crippen molar-refractivity contribution in [1.82, 2.24) is 0 Å². The van der Waals surface area contributed by atoms with E-state index in [4.69, 9.17) is 16.9 Å². The first-order valence-corrected chi connectivity index (χ1v) is 4.77. The summed E-state index contributed by atoms with van der Waals surface area (Å²) in [5, 5.41) is 9.34. The van der Waals surface area contributed by atoms with Gasteiger partial charge in [-0.25, -0.2) is 0 Å². The number of nitriles is 1. The van der Waals surface area contributed by atoms with E-state index in [2.05, 4.69) is 4.74 Å². The molecule has 0 N–H and O–H groups in total. The zero-order valence-electron chi connectivity index (χ0n) is 8.24. The minimum atomic E-state index is -0.796. The van der Waals surface area contributed by atoms with Crippen molar-refractivity contribution >= 4 is 17.6 Å². The highest BCUT2D eigenvalue weighted by atomic mass is 35.5. The quantitative estimate of drug-likeness (QED) is 0.738. The van der Waals surface area contributed by atoms with Crippen molar-refractivity contribution in [2.45, 2.75) is 6.42 Å². The maximum atomic E-state index is 11.2. The Bertz CT molecular complexity index is 398. The molecule has 0 unspecified atom stereocenters. The van der Waals surface area contributed by atoms with Crippen LogP contribution in [-0.4, -0.2) is 13.1 Å². The van der Waals surface area contributed by atoms with Crippen LogP contribution in [0.4, 0.5) is 0 Å². The number of hydrogen-bond acceptors (Lipinski definition) is 3. The second-order valence-corrected chi connectivity index (χ2v) is 3.41. The predicted octanol–water partition coefficient (Wildman–Crippen LogP) is 2.20. The number of ether oxygens (including phenoxy) is 1. The van der Waals surface area contributed by atoms with Gasteiger partial charge in [-0.1, -0.05) is 29.8 Å². The number of halogens is 1. The van der Waals surface area contributed by atoms with Crippen LogP contribution < -0.4 is 0 Å². The standard InChI is InChI=1S/C11H10ClNO2/c1-15-11(14)9(7-13)6-8-4-2-3-5-10(8)12/h2-5,9H,6H2,1H3/t9-/m1/s1. The van der Waals surface area contributed by atoms with E-state index >= 15 is 0 Å². The van der Waals surface area contributed by atoms with Crippen LogP contribution in [0.25, 0.3) is 0 Å². The Labute approximate surface area is 93.2 Å². The van der Waals surface area contributed by atoms with Crippen LogP contribution in [0.5, 0.6) is 0 Å². The van der Waals surface area contributed by atoms with E-state index < -0.39 is 11.9 Å². The van der Waals surface area contributed by atoms with E-state index in [0.29, 0.717) is 5.02 Å². The van der Waals surface area contributed by atoms with Gasteiger partial charge >= 0.3 is 5.97 Å². The largest absolute Gasteiger partial charge is 0.468 e. The molecule has 78 valence electrons. The summed E-state index contributed by atoms with van der Waals surface area (Å²) < 4.78 is 4.51. The Balaban J connectivity index is 2.81. The van der Waals surface area contributed by atoms with Crippen LogP contribution >= 0.6 is 11.6 Å². The summed E-state index contributed by atoms with van der Waals surface area (Å²) in [6.45, 7) is 0. The molecule has 0 spiro atoms. The van der Waals surface area contributed by atoms with Gasteiger partial charge in [0.25, 0.3) is 0 Å². The highest BCUT2D eigenvalue weighted by Gasteiger charge is 2.19. The summed E-state index contributed by atoms with van der Waals surface area (Å²) in [4.78, 5) is 11.2. The van der Waals surface area contributed by atoms with Crippen LogP contribution in [0, 0.1) is 17.2 Å². The van der Waals surface area contributed by atoms with Gasteiger partial charge < -0.3 is 4.74 Å². The second kappa shape index (κ2) is 5.38. The minimum Gasteiger partial charge on any atom is -0.468 e. The van der Waals surface area contributed by atoms with E-state index in [9.17, 15) is 4.79 Å². The summed E-state index contributed by atoms with van der Waals surface area (Å²) in [5.74, 6) is -1.33. The summed E-state index contributed by atoms with van der Waals surface area (Å²) in [5.41, 5.74) is 0.774. The lowest BCUT2D eigenvalue weighted by Gasteiger charge is -2.07. The van der Waals surface area contributed by atoms with Crippen molar-refractivity contribution < 1.29 is 9.53 Å². The number of esters is 1. The Kier molecular flexibility index (Phi) is 4.14. The molecule has 0 aliphatic rings. The maximum absolute atomic E-state index is 11.2. The van der Waals surface area contributed by atoms with Gasteiger partial charge in [-0.15, -0.1) is 0 Å². The Morgan fingerprint density at radius 3 is 2.80 bits per heavy atom. The third-order valence-corrected chi connectivity index (χ3v) is 2.39. The fraction of sp³-hybridized carbons (Fsp3) is 0.273. The first kappa shape index (κ1) is 11.5. The number of carbonyl (C=O) groups excluding carboxylic acids is 1. The average molecular weight is 224 g/mol. The second-order valence-electron chi connectivity index (χ2n) is 3.00. The van der Waals surface area contributed by atoms with E-state index in [1.165, 1.54) is 7.11 Å². The Hall–Kier alpha value is -1.53. The van der Waals surface area contributed by atoms with Crippen LogP contribution in [0.2, 0.25) is 5.02 Å². The van der Waals surface area contributed by atoms with Crippen LogP contribution in [-0.2, 0) is 16.0 Å². The molecule has 15 heavy (non-hydrogen) atoms. The van der Waals surface area contributed by atoms with Crippen LogP contribution in [0.3, 0.4) is 0 Å². The van der Waals surface area contributed by atoms with Gasteiger partial charge in [0.1, 0.15) is 5.92 Å². The van der Waals surface area contributed by atoms with Crippen molar-refractivity contribution in [3.05, 3.63) is 34.9 Å². The molecule has 1 aromatic carbocycles. The first-order valence-electron chi connectivity index (χ1n) is 4.40. The van der Waals surface area contributed by atoms with Crippen molar-refractivity contribution in [1.29, 1.82) is 5.26 Å². The van der Waals surface area contributed by atoms with E-state index in [1.807, 2.05) is 12.1 Å². The Morgan fingerprint density at radius 1 is 1.60 bits per heavy atom. The molecule has 0 amide bonds. The molecule has 0 bridgehead atoms. The number of rotatable bonds is 3. The monoisotopic (exact) mass is 223 g/mol. The molecular formula is C11H10ClNO2. The van der Waals surface area contributed by atoms with Gasteiger partial charge in [-0.2, -0.15) is 5.26 Å². The number of methoxy groups -OCH3 is 1. The molecule has 0 aliphatic carbocycles. The van der Waals surface area contributed by atoms with E-state index in [-0.39, 0.29) is 6.42 Å². The first-order chi connectivity index (χ1) is 7.19. The molecule has 1 aromatic rings. The number of nitrogens with zero attached hydrogens (tertiary/aromatic N) is 1. The highest BCUT2D eigenvalue weighted by molar-refractivity contribution is 6.31. The lowest BCUT2D eigenvalue weighted by molar-refractivity contribution is -0.143. The lowest BCUT2D eigenvalue weighted by Crippen LogP contribution is -2.16. The molecule has 1 atom stereocenters. The summed E-state index contributed by atoms with van der Waals surface area (Å²) in [6, 6.07) is 9.02. The molecule has 0 aromatic heterocycles. The van der Waals surface area contributed by atoms with Gasteiger partial charge in [-0.3, -0.25) is 4.79 Å². The molecule has 0 radical (unpaired) electrons. The van der Waals surface area contributed by atoms with Crippen molar-refractivity contribution in [2.75, 3.05) is 7.11 Å².